The van der Waals surface area contributed by atoms with Crippen molar-refractivity contribution in [3.63, 3.8) is 0 Å². The van der Waals surface area contributed by atoms with E-state index in [1.54, 1.807) is 19.2 Å². The van der Waals surface area contributed by atoms with Gasteiger partial charge in [0.15, 0.2) is 0 Å². The van der Waals surface area contributed by atoms with Gasteiger partial charge in [0.25, 0.3) is 5.69 Å². The quantitative estimate of drug-likeness (QED) is 0.429. The molecular formula is C22H26N4O4. The average Bonchev–Trinajstić information content (AvgIpc) is 2.78. The first-order chi connectivity index (χ1) is 14.5. The van der Waals surface area contributed by atoms with Crippen LogP contribution in [0.4, 0.5) is 5.69 Å². The number of piperidine rings is 1. The molecule has 1 N–H and O–H groups in total. The van der Waals surface area contributed by atoms with Gasteiger partial charge in [-0.1, -0.05) is 12.1 Å². The number of rotatable bonds is 7. The first-order valence-corrected chi connectivity index (χ1v) is 9.90. The standard InChI is InChI=1S/C22H26N4O4/c1-16(18-5-9-21(30-2)10-6-18)23-24-22(27)19-11-13-25(14-12-19)15-17-3-7-20(8-4-17)26(28)29/h3-10,19H,11-15H2,1-2H3,(H,24,27). The van der Waals surface area contributed by atoms with Crippen molar-refractivity contribution in [2.75, 3.05) is 20.2 Å². The van der Waals surface area contributed by atoms with E-state index in [0.717, 1.165) is 55.1 Å². The number of non-ortho nitro benzene ring substituents is 1. The number of carbonyl (C=O) groups is 1. The van der Waals surface area contributed by atoms with Gasteiger partial charge in [-0.25, -0.2) is 5.43 Å². The van der Waals surface area contributed by atoms with E-state index in [0.29, 0.717) is 0 Å². The molecule has 2 aromatic rings. The Morgan fingerprint density at radius 3 is 2.37 bits per heavy atom. The van der Waals surface area contributed by atoms with Gasteiger partial charge in [0.05, 0.1) is 17.7 Å². The van der Waals surface area contributed by atoms with Crippen LogP contribution in [0.25, 0.3) is 0 Å². The summed E-state index contributed by atoms with van der Waals surface area (Å²) in [5.74, 6) is 0.652. The van der Waals surface area contributed by atoms with Crippen LogP contribution in [0.15, 0.2) is 53.6 Å². The number of hydrogen-bond acceptors (Lipinski definition) is 6. The molecule has 8 heteroatoms. The van der Waals surface area contributed by atoms with Crippen molar-refractivity contribution in [1.29, 1.82) is 0 Å². The van der Waals surface area contributed by atoms with E-state index in [4.69, 9.17) is 4.74 Å². The highest BCUT2D eigenvalue weighted by Crippen LogP contribution is 2.20. The average molecular weight is 410 g/mol. The fourth-order valence-electron chi connectivity index (χ4n) is 3.46. The number of benzene rings is 2. The Morgan fingerprint density at radius 1 is 1.17 bits per heavy atom. The second-order valence-corrected chi connectivity index (χ2v) is 7.38. The zero-order valence-electron chi connectivity index (χ0n) is 17.2. The van der Waals surface area contributed by atoms with Gasteiger partial charge in [-0.2, -0.15) is 5.10 Å². The number of methoxy groups -OCH3 is 1. The molecule has 1 saturated heterocycles. The third kappa shape index (κ3) is 5.64. The molecule has 30 heavy (non-hydrogen) atoms. The summed E-state index contributed by atoms with van der Waals surface area (Å²) in [6.07, 6.45) is 1.52. The second-order valence-electron chi connectivity index (χ2n) is 7.38. The Hall–Kier alpha value is -3.26. The zero-order chi connectivity index (χ0) is 21.5. The van der Waals surface area contributed by atoms with Gasteiger partial charge in [0.1, 0.15) is 5.75 Å². The maximum Gasteiger partial charge on any atom is 0.269 e. The van der Waals surface area contributed by atoms with Crippen molar-refractivity contribution in [2.45, 2.75) is 26.3 Å². The summed E-state index contributed by atoms with van der Waals surface area (Å²) in [6.45, 7) is 4.18. The van der Waals surface area contributed by atoms with Crippen molar-refractivity contribution < 1.29 is 14.5 Å². The highest BCUT2D eigenvalue weighted by atomic mass is 16.6. The van der Waals surface area contributed by atoms with Gasteiger partial charge in [-0.15, -0.1) is 0 Å². The molecule has 158 valence electrons. The molecule has 8 nitrogen and oxygen atoms in total. The Balaban J connectivity index is 1.46. The highest BCUT2D eigenvalue weighted by molar-refractivity contribution is 5.99. The molecule has 1 amide bonds. The number of likely N-dealkylation sites (tertiary alicyclic amines) is 1. The van der Waals surface area contributed by atoms with Crippen LogP contribution in [-0.2, 0) is 11.3 Å². The summed E-state index contributed by atoms with van der Waals surface area (Å²) < 4.78 is 5.15. The number of ether oxygens (including phenoxy) is 1. The van der Waals surface area contributed by atoms with Gasteiger partial charge in [0.2, 0.25) is 5.91 Å². The van der Waals surface area contributed by atoms with Crippen LogP contribution in [0.2, 0.25) is 0 Å². The predicted molar refractivity (Wildman–Crippen MR) is 114 cm³/mol. The molecular weight excluding hydrogens is 384 g/mol. The van der Waals surface area contributed by atoms with Crippen LogP contribution in [-0.4, -0.2) is 41.6 Å². The van der Waals surface area contributed by atoms with E-state index >= 15 is 0 Å². The van der Waals surface area contributed by atoms with E-state index in [2.05, 4.69) is 15.4 Å². The Kier molecular flexibility index (Phi) is 7.13. The van der Waals surface area contributed by atoms with Gasteiger partial charge in [0, 0.05) is 24.6 Å². The summed E-state index contributed by atoms with van der Waals surface area (Å²) in [6, 6.07) is 14.1. The van der Waals surface area contributed by atoms with E-state index in [9.17, 15) is 14.9 Å². The van der Waals surface area contributed by atoms with E-state index in [1.807, 2.05) is 31.2 Å². The Labute approximate surface area is 175 Å². The molecule has 0 aromatic heterocycles. The minimum atomic E-state index is -0.396. The molecule has 0 unspecified atom stereocenters. The van der Waals surface area contributed by atoms with Crippen LogP contribution in [0.1, 0.15) is 30.9 Å². The lowest BCUT2D eigenvalue weighted by Crippen LogP contribution is -2.39. The molecule has 3 rings (SSSR count). The van der Waals surface area contributed by atoms with Gasteiger partial charge < -0.3 is 4.74 Å². The Bertz CT molecular complexity index is 902. The summed E-state index contributed by atoms with van der Waals surface area (Å²) in [7, 11) is 1.62. The van der Waals surface area contributed by atoms with Crippen LogP contribution in [0.3, 0.4) is 0 Å². The molecule has 2 aromatic carbocycles. The minimum absolute atomic E-state index is 0.0575. The molecule has 1 heterocycles. The van der Waals surface area contributed by atoms with Crippen LogP contribution < -0.4 is 10.2 Å². The third-order valence-electron chi connectivity index (χ3n) is 5.35. The smallest absolute Gasteiger partial charge is 0.269 e. The number of hydrogen-bond donors (Lipinski definition) is 1. The van der Waals surface area contributed by atoms with Crippen LogP contribution >= 0.6 is 0 Å². The molecule has 0 atom stereocenters. The third-order valence-corrected chi connectivity index (χ3v) is 5.35. The Morgan fingerprint density at radius 2 is 1.80 bits per heavy atom. The summed E-state index contributed by atoms with van der Waals surface area (Å²) in [5.41, 5.74) is 5.49. The second kappa shape index (κ2) is 9.98. The van der Waals surface area contributed by atoms with E-state index < -0.39 is 4.92 Å². The zero-order valence-corrected chi connectivity index (χ0v) is 17.2. The van der Waals surface area contributed by atoms with Gasteiger partial charge >= 0.3 is 0 Å². The number of hydrazone groups is 1. The topological polar surface area (TPSA) is 97.1 Å². The molecule has 1 aliphatic rings. The van der Waals surface area contributed by atoms with Crippen molar-refractivity contribution in [3.05, 3.63) is 69.8 Å². The lowest BCUT2D eigenvalue weighted by Gasteiger charge is -2.30. The number of amides is 1. The largest absolute Gasteiger partial charge is 0.497 e. The molecule has 1 aliphatic heterocycles. The highest BCUT2D eigenvalue weighted by Gasteiger charge is 2.25. The first-order valence-electron chi connectivity index (χ1n) is 9.90. The normalized spacial score (nSPS) is 15.6. The lowest BCUT2D eigenvalue weighted by atomic mass is 9.96. The molecule has 0 aliphatic carbocycles. The number of nitro groups is 1. The van der Waals surface area contributed by atoms with Gasteiger partial charge in [-0.3, -0.25) is 19.8 Å². The van der Waals surface area contributed by atoms with Crippen molar-refractivity contribution in [3.8, 4) is 5.75 Å². The summed E-state index contributed by atoms with van der Waals surface area (Å²) >= 11 is 0. The van der Waals surface area contributed by atoms with Crippen LogP contribution in [0, 0.1) is 16.0 Å². The molecule has 1 fully saturated rings. The maximum atomic E-state index is 12.5. The van der Waals surface area contributed by atoms with Crippen molar-refractivity contribution in [2.24, 2.45) is 11.0 Å². The SMILES string of the molecule is COc1ccc(C(C)=NNC(=O)C2CCN(Cc3ccc([N+](=O)[O-])cc3)CC2)cc1. The van der Waals surface area contributed by atoms with E-state index in [1.165, 1.54) is 12.1 Å². The fourth-order valence-corrected chi connectivity index (χ4v) is 3.46. The molecule has 0 saturated carbocycles. The number of carbonyl (C=O) groups excluding carboxylic acids is 1. The molecule has 0 spiro atoms. The monoisotopic (exact) mass is 410 g/mol. The minimum Gasteiger partial charge on any atom is -0.497 e. The summed E-state index contributed by atoms with van der Waals surface area (Å²) in [5, 5.41) is 15.0. The number of nitrogens with zero attached hydrogens (tertiary/aromatic N) is 3. The lowest BCUT2D eigenvalue weighted by molar-refractivity contribution is -0.384. The molecule has 0 radical (unpaired) electrons. The van der Waals surface area contributed by atoms with Gasteiger partial charge in [-0.05, 0) is 68.2 Å². The number of nitro benzene ring substituents is 1. The molecule has 0 bridgehead atoms. The van der Waals surface area contributed by atoms with Crippen molar-refractivity contribution in [1.82, 2.24) is 10.3 Å². The summed E-state index contributed by atoms with van der Waals surface area (Å²) in [4.78, 5) is 25.1. The number of nitrogens with one attached hydrogen (secondary N) is 1. The van der Waals surface area contributed by atoms with Crippen LogP contribution in [0.5, 0.6) is 5.75 Å². The first kappa shape index (κ1) is 21.4. The van der Waals surface area contributed by atoms with E-state index in [-0.39, 0.29) is 17.5 Å². The predicted octanol–water partition coefficient (Wildman–Crippen LogP) is 3.36. The van der Waals surface area contributed by atoms with Crippen molar-refractivity contribution >= 4 is 17.3 Å². The maximum absolute atomic E-state index is 12.5. The fraction of sp³-hybridized carbons (Fsp3) is 0.364.